The van der Waals surface area contributed by atoms with Crippen molar-refractivity contribution in [2.24, 2.45) is 0 Å². The molecule has 1 unspecified atom stereocenters. The molecule has 0 spiro atoms. The van der Waals surface area contributed by atoms with E-state index in [-0.39, 0.29) is 0 Å². The molecule has 2 aromatic carbocycles. The van der Waals surface area contributed by atoms with Crippen LogP contribution in [0, 0.1) is 13.8 Å². The van der Waals surface area contributed by atoms with Gasteiger partial charge in [-0.15, -0.1) is 0 Å². The van der Waals surface area contributed by atoms with E-state index < -0.39 is 0 Å². The molecule has 0 heterocycles. The molecule has 0 aromatic heterocycles. The zero-order valence-electron chi connectivity index (χ0n) is 13.4. The molecule has 110 valence electrons. The average molecular weight is 279 g/mol. The van der Waals surface area contributed by atoms with E-state index in [9.17, 15) is 0 Å². The summed E-state index contributed by atoms with van der Waals surface area (Å²) in [5, 5.41) is 3.69. The standard InChI is InChI=1S/C20H25N/c1-4-21-20(19-14(2)7-5-8-15(19)3)18-12-11-16-9-6-10-17(16)13-18/h5,7-8,11-13,20-21H,4,6,9-10H2,1-3H3. The molecule has 1 aliphatic rings. The molecule has 1 nitrogen and oxygen atoms in total. The Kier molecular flexibility index (Phi) is 4.12. The third-order valence-corrected chi connectivity index (χ3v) is 4.69. The number of hydrogen-bond acceptors (Lipinski definition) is 1. The Hall–Kier alpha value is -1.60. The van der Waals surface area contributed by atoms with Crippen LogP contribution < -0.4 is 5.32 Å². The summed E-state index contributed by atoms with van der Waals surface area (Å²) in [6, 6.07) is 14.0. The van der Waals surface area contributed by atoms with Crippen LogP contribution in [-0.2, 0) is 12.8 Å². The van der Waals surface area contributed by atoms with Gasteiger partial charge in [-0.05, 0) is 73.0 Å². The van der Waals surface area contributed by atoms with E-state index in [4.69, 9.17) is 0 Å². The van der Waals surface area contributed by atoms with E-state index >= 15 is 0 Å². The minimum atomic E-state index is 0.307. The topological polar surface area (TPSA) is 12.0 Å². The highest BCUT2D eigenvalue weighted by Gasteiger charge is 2.19. The van der Waals surface area contributed by atoms with Crippen molar-refractivity contribution < 1.29 is 0 Å². The first-order valence-electron chi connectivity index (χ1n) is 8.12. The van der Waals surface area contributed by atoms with E-state index in [2.05, 4.69) is 62.5 Å². The highest BCUT2D eigenvalue weighted by atomic mass is 14.9. The normalized spacial score (nSPS) is 15.0. The molecular formula is C20H25N. The lowest BCUT2D eigenvalue weighted by Crippen LogP contribution is -2.23. The summed E-state index contributed by atoms with van der Waals surface area (Å²) < 4.78 is 0. The SMILES string of the molecule is CCNC(c1ccc2c(c1)CCC2)c1c(C)cccc1C. The molecule has 0 amide bonds. The number of aryl methyl sites for hydroxylation is 4. The number of benzene rings is 2. The second-order valence-corrected chi connectivity index (χ2v) is 6.18. The van der Waals surface area contributed by atoms with Gasteiger partial charge in [-0.2, -0.15) is 0 Å². The molecule has 1 aliphatic carbocycles. The fourth-order valence-corrected chi connectivity index (χ4v) is 3.64. The number of nitrogens with one attached hydrogen (secondary N) is 1. The van der Waals surface area contributed by atoms with Crippen LogP contribution in [0.4, 0.5) is 0 Å². The maximum absolute atomic E-state index is 3.69. The van der Waals surface area contributed by atoms with Crippen molar-refractivity contribution in [3.05, 3.63) is 69.8 Å². The summed E-state index contributed by atoms with van der Waals surface area (Å²) in [4.78, 5) is 0. The fraction of sp³-hybridized carbons (Fsp3) is 0.400. The highest BCUT2D eigenvalue weighted by molar-refractivity contribution is 5.45. The van der Waals surface area contributed by atoms with Gasteiger partial charge in [0.1, 0.15) is 0 Å². The molecule has 1 N–H and O–H groups in total. The molecule has 0 aliphatic heterocycles. The number of rotatable bonds is 4. The van der Waals surface area contributed by atoms with Gasteiger partial charge in [0.2, 0.25) is 0 Å². The Morgan fingerprint density at radius 2 is 1.71 bits per heavy atom. The minimum absolute atomic E-state index is 0.307. The molecule has 0 bridgehead atoms. The zero-order valence-corrected chi connectivity index (χ0v) is 13.4. The third-order valence-electron chi connectivity index (χ3n) is 4.69. The monoisotopic (exact) mass is 279 g/mol. The van der Waals surface area contributed by atoms with Gasteiger partial charge in [-0.25, -0.2) is 0 Å². The van der Waals surface area contributed by atoms with E-state index in [1.807, 2.05) is 0 Å². The summed E-state index contributed by atoms with van der Waals surface area (Å²) in [7, 11) is 0. The van der Waals surface area contributed by atoms with Gasteiger partial charge in [0.05, 0.1) is 6.04 Å². The number of fused-ring (bicyclic) bond motifs is 1. The summed E-state index contributed by atoms with van der Waals surface area (Å²) in [5.74, 6) is 0. The lowest BCUT2D eigenvalue weighted by molar-refractivity contribution is 0.624. The van der Waals surface area contributed by atoms with Crippen molar-refractivity contribution in [1.29, 1.82) is 0 Å². The van der Waals surface area contributed by atoms with Gasteiger partial charge < -0.3 is 5.32 Å². The van der Waals surface area contributed by atoms with Crippen LogP contribution >= 0.6 is 0 Å². The Bertz CT molecular complexity index is 622. The van der Waals surface area contributed by atoms with Gasteiger partial charge in [0.15, 0.2) is 0 Å². The molecule has 3 rings (SSSR count). The van der Waals surface area contributed by atoms with Crippen molar-refractivity contribution in [3.63, 3.8) is 0 Å². The van der Waals surface area contributed by atoms with Crippen LogP contribution in [0.3, 0.4) is 0 Å². The largest absolute Gasteiger partial charge is 0.307 e. The quantitative estimate of drug-likeness (QED) is 0.869. The Morgan fingerprint density at radius 3 is 2.43 bits per heavy atom. The van der Waals surface area contributed by atoms with Crippen molar-refractivity contribution in [2.75, 3.05) is 6.54 Å². The van der Waals surface area contributed by atoms with Gasteiger partial charge in [0.25, 0.3) is 0 Å². The maximum Gasteiger partial charge on any atom is 0.0581 e. The first-order chi connectivity index (χ1) is 10.2. The second kappa shape index (κ2) is 6.03. The van der Waals surface area contributed by atoms with E-state index in [1.54, 1.807) is 11.1 Å². The molecule has 2 aromatic rings. The molecule has 0 saturated carbocycles. The molecule has 0 radical (unpaired) electrons. The Labute approximate surface area is 128 Å². The van der Waals surface area contributed by atoms with Gasteiger partial charge in [-0.1, -0.05) is 43.3 Å². The Morgan fingerprint density at radius 1 is 1.00 bits per heavy atom. The van der Waals surface area contributed by atoms with Crippen LogP contribution in [0.5, 0.6) is 0 Å². The lowest BCUT2D eigenvalue weighted by atomic mass is 9.90. The second-order valence-electron chi connectivity index (χ2n) is 6.18. The van der Waals surface area contributed by atoms with Crippen LogP contribution in [0.2, 0.25) is 0 Å². The van der Waals surface area contributed by atoms with Crippen molar-refractivity contribution >= 4 is 0 Å². The third kappa shape index (κ3) is 2.75. The highest BCUT2D eigenvalue weighted by Crippen LogP contribution is 2.31. The molecule has 21 heavy (non-hydrogen) atoms. The first kappa shape index (κ1) is 14.3. The summed E-state index contributed by atoms with van der Waals surface area (Å²) in [5.41, 5.74) is 8.72. The van der Waals surface area contributed by atoms with Crippen molar-refractivity contribution in [1.82, 2.24) is 5.32 Å². The van der Waals surface area contributed by atoms with Gasteiger partial charge >= 0.3 is 0 Å². The number of hydrogen-bond donors (Lipinski definition) is 1. The maximum atomic E-state index is 3.69. The predicted molar refractivity (Wildman–Crippen MR) is 89.9 cm³/mol. The molecule has 1 heteroatoms. The summed E-state index contributed by atoms with van der Waals surface area (Å²) in [6.07, 6.45) is 3.81. The van der Waals surface area contributed by atoms with Gasteiger partial charge in [-0.3, -0.25) is 0 Å². The predicted octanol–water partition coefficient (Wildman–Crippen LogP) is 4.49. The zero-order chi connectivity index (χ0) is 14.8. The first-order valence-corrected chi connectivity index (χ1v) is 8.12. The van der Waals surface area contributed by atoms with Crippen LogP contribution in [0.15, 0.2) is 36.4 Å². The van der Waals surface area contributed by atoms with Crippen LogP contribution in [0.25, 0.3) is 0 Å². The van der Waals surface area contributed by atoms with E-state index in [0.29, 0.717) is 6.04 Å². The smallest absolute Gasteiger partial charge is 0.0581 e. The molecular weight excluding hydrogens is 254 g/mol. The summed E-state index contributed by atoms with van der Waals surface area (Å²) >= 11 is 0. The van der Waals surface area contributed by atoms with Crippen LogP contribution in [-0.4, -0.2) is 6.54 Å². The van der Waals surface area contributed by atoms with Gasteiger partial charge in [0, 0.05) is 0 Å². The van der Waals surface area contributed by atoms with Crippen LogP contribution in [0.1, 0.15) is 52.8 Å². The summed E-state index contributed by atoms with van der Waals surface area (Å²) in [6.45, 7) is 7.61. The molecule has 1 atom stereocenters. The fourth-order valence-electron chi connectivity index (χ4n) is 3.64. The Balaban J connectivity index is 2.06. The average Bonchev–Trinajstić information content (AvgIpc) is 2.93. The van der Waals surface area contributed by atoms with E-state index in [1.165, 1.54) is 41.5 Å². The molecule has 0 fully saturated rings. The van der Waals surface area contributed by atoms with Crippen molar-refractivity contribution in [2.45, 2.75) is 46.1 Å². The van der Waals surface area contributed by atoms with E-state index in [0.717, 1.165) is 6.54 Å². The molecule has 0 saturated heterocycles. The minimum Gasteiger partial charge on any atom is -0.307 e. The van der Waals surface area contributed by atoms with Crippen molar-refractivity contribution in [3.8, 4) is 0 Å². The lowest BCUT2D eigenvalue weighted by Gasteiger charge is -2.23.